The molecule has 1 aromatic heterocycles. The Bertz CT molecular complexity index is 581. The van der Waals surface area contributed by atoms with Gasteiger partial charge in [0, 0.05) is 22.9 Å². The number of nitrogens with one attached hydrogen (secondary N) is 1. The van der Waals surface area contributed by atoms with E-state index in [2.05, 4.69) is 15.0 Å². The molecule has 0 atom stereocenters. The highest BCUT2D eigenvalue weighted by Gasteiger charge is 1.95. The zero-order chi connectivity index (χ0) is 9.97. The number of nitrogens with zero attached hydrogens (tertiary/aromatic N) is 3. The average molecular weight is 186 g/mol. The number of benzene rings is 1. The average Bonchev–Trinajstić information content (AvgIpc) is 2.17. The Morgan fingerprint density at radius 3 is 2.93 bits per heavy atom. The van der Waals surface area contributed by atoms with Crippen LogP contribution in [-0.4, -0.2) is 4.98 Å². The zero-order valence-corrected chi connectivity index (χ0v) is 7.14. The largest absolute Gasteiger partial charge is 0.328 e. The second-order valence-corrected chi connectivity index (χ2v) is 2.80. The predicted octanol–water partition coefficient (Wildman–Crippen LogP) is 2.47. The summed E-state index contributed by atoms with van der Waals surface area (Å²) in [6.45, 7) is 0. The van der Waals surface area contributed by atoms with Gasteiger partial charge in [0.05, 0.1) is 0 Å². The molecule has 0 fully saturated rings. The number of fused-ring (bicyclic) bond motifs is 1. The Kier molecular flexibility index (Phi) is 1.93. The van der Waals surface area contributed by atoms with Gasteiger partial charge in [-0.25, -0.2) is 0 Å². The van der Waals surface area contributed by atoms with Gasteiger partial charge in [-0.3, -0.25) is 4.79 Å². The molecular formula is C9H6N4O. The van der Waals surface area contributed by atoms with Crippen LogP contribution in [0.2, 0.25) is 0 Å². The first kappa shape index (κ1) is 8.34. The van der Waals surface area contributed by atoms with Gasteiger partial charge < -0.3 is 4.98 Å². The molecule has 0 spiro atoms. The first-order valence-corrected chi connectivity index (χ1v) is 3.97. The molecule has 0 radical (unpaired) electrons. The van der Waals surface area contributed by atoms with Crippen molar-refractivity contribution in [2.45, 2.75) is 0 Å². The smallest absolute Gasteiger partial charge is 0.248 e. The first-order chi connectivity index (χ1) is 6.79. The third kappa shape index (κ3) is 1.44. The molecule has 0 bridgehead atoms. The molecule has 1 heterocycles. The molecule has 5 heteroatoms. The molecular weight excluding hydrogens is 180 g/mol. The van der Waals surface area contributed by atoms with Gasteiger partial charge in [-0.05, 0) is 22.4 Å². The lowest BCUT2D eigenvalue weighted by Gasteiger charge is -1.96. The van der Waals surface area contributed by atoms with Gasteiger partial charge in [0.1, 0.15) is 0 Å². The molecule has 0 saturated heterocycles. The summed E-state index contributed by atoms with van der Waals surface area (Å²) in [6, 6.07) is 6.62. The van der Waals surface area contributed by atoms with Crippen molar-refractivity contribution in [1.82, 2.24) is 4.98 Å². The summed E-state index contributed by atoms with van der Waals surface area (Å²) in [5, 5.41) is 5.12. The Morgan fingerprint density at radius 2 is 2.14 bits per heavy atom. The Morgan fingerprint density at radius 1 is 1.29 bits per heavy atom. The van der Waals surface area contributed by atoms with E-state index in [9.17, 15) is 4.79 Å². The van der Waals surface area contributed by atoms with Crippen LogP contribution in [0.3, 0.4) is 0 Å². The van der Waals surface area contributed by atoms with E-state index < -0.39 is 0 Å². The van der Waals surface area contributed by atoms with Crippen molar-refractivity contribution >= 4 is 16.5 Å². The number of H-pyrrole nitrogens is 1. The fourth-order valence-corrected chi connectivity index (χ4v) is 1.26. The molecule has 2 aromatic rings. The van der Waals surface area contributed by atoms with Gasteiger partial charge in [0.15, 0.2) is 0 Å². The van der Waals surface area contributed by atoms with Gasteiger partial charge >= 0.3 is 0 Å². The van der Waals surface area contributed by atoms with Crippen LogP contribution in [0, 0.1) is 0 Å². The van der Waals surface area contributed by atoms with Crippen LogP contribution in [0.25, 0.3) is 21.2 Å². The number of pyridine rings is 1. The molecule has 0 aliphatic carbocycles. The Labute approximate surface area is 78.6 Å². The van der Waals surface area contributed by atoms with E-state index in [-0.39, 0.29) is 5.56 Å². The van der Waals surface area contributed by atoms with Gasteiger partial charge in [-0.1, -0.05) is 17.2 Å². The summed E-state index contributed by atoms with van der Waals surface area (Å²) >= 11 is 0. The summed E-state index contributed by atoms with van der Waals surface area (Å²) in [6.07, 6.45) is 1.62. The van der Waals surface area contributed by atoms with Crippen LogP contribution in [0.5, 0.6) is 0 Å². The molecule has 1 N–H and O–H groups in total. The van der Waals surface area contributed by atoms with Crippen LogP contribution < -0.4 is 5.56 Å². The number of hydrogen-bond donors (Lipinski definition) is 1. The highest BCUT2D eigenvalue weighted by Crippen LogP contribution is 2.19. The highest BCUT2D eigenvalue weighted by atomic mass is 16.1. The number of aromatic nitrogens is 1. The molecule has 0 aliphatic heterocycles. The summed E-state index contributed by atoms with van der Waals surface area (Å²) < 4.78 is 0. The lowest BCUT2D eigenvalue weighted by atomic mass is 10.1. The monoisotopic (exact) mass is 186 g/mol. The standard InChI is InChI=1S/C9H6N4O/c10-13-12-8-2-1-6-5-11-9(14)4-7(6)3-8/h1-5H,(H,11,14). The molecule has 2 rings (SSSR count). The number of rotatable bonds is 1. The number of aromatic amines is 1. The van der Waals surface area contributed by atoms with Crippen LogP contribution >= 0.6 is 0 Å². The second-order valence-electron chi connectivity index (χ2n) is 2.80. The second kappa shape index (κ2) is 3.24. The fourth-order valence-electron chi connectivity index (χ4n) is 1.26. The van der Waals surface area contributed by atoms with Crippen LogP contribution in [0.4, 0.5) is 5.69 Å². The van der Waals surface area contributed by atoms with E-state index in [0.29, 0.717) is 5.69 Å². The van der Waals surface area contributed by atoms with Gasteiger partial charge in [-0.15, -0.1) is 0 Å². The van der Waals surface area contributed by atoms with Crippen molar-refractivity contribution in [2.75, 3.05) is 0 Å². The molecule has 1 aromatic carbocycles. The molecule has 5 nitrogen and oxygen atoms in total. The maximum absolute atomic E-state index is 11.0. The maximum atomic E-state index is 11.0. The lowest BCUT2D eigenvalue weighted by Crippen LogP contribution is -2.01. The molecule has 14 heavy (non-hydrogen) atoms. The highest BCUT2D eigenvalue weighted by molar-refractivity contribution is 5.84. The number of azide groups is 1. The van der Waals surface area contributed by atoms with E-state index in [1.165, 1.54) is 6.07 Å². The molecule has 0 unspecified atom stereocenters. The quantitative estimate of drug-likeness (QED) is 0.414. The van der Waals surface area contributed by atoms with Crippen molar-refractivity contribution in [1.29, 1.82) is 0 Å². The van der Waals surface area contributed by atoms with Gasteiger partial charge in [0.2, 0.25) is 5.56 Å². The van der Waals surface area contributed by atoms with Crippen molar-refractivity contribution in [3.8, 4) is 0 Å². The minimum Gasteiger partial charge on any atom is -0.328 e. The van der Waals surface area contributed by atoms with Crippen molar-refractivity contribution in [2.24, 2.45) is 5.11 Å². The third-order valence-electron chi connectivity index (χ3n) is 1.89. The van der Waals surface area contributed by atoms with E-state index in [1.807, 2.05) is 0 Å². The SMILES string of the molecule is [N-]=[N+]=Nc1ccc2c[nH]c(=O)cc2c1. The van der Waals surface area contributed by atoms with Crippen molar-refractivity contribution < 1.29 is 0 Å². The summed E-state index contributed by atoms with van der Waals surface area (Å²) in [7, 11) is 0. The molecule has 68 valence electrons. The summed E-state index contributed by atoms with van der Waals surface area (Å²) in [4.78, 5) is 16.2. The summed E-state index contributed by atoms with van der Waals surface area (Å²) in [5.41, 5.74) is 8.57. The van der Waals surface area contributed by atoms with Crippen LogP contribution in [0.15, 0.2) is 40.4 Å². The minimum absolute atomic E-state index is 0.171. The Hall–Kier alpha value is -2.26. The fraction of sp³-hybridized carbons (Fsp3) is 0. The van der Waals surface area contributed by atoms with Gasteiger partial charge in [0.25, 0.3) is 0 Å². The van der Waals surface area contributed by atoms with Crippen LogP contribution in [-0.2, 0) is 0 Å². The van der Waals surface area contributed by atoms with E-state index in [4.69, 9.17) is 5.53 Å². The van der Waals surface area contributed by atoms with Crippen LogP contribution in [0.1, 0.15) is 0 Å². The van der Waals surface area contributed by atoms with E-state index in [1.54, 1.807) is 24.4 Å². The molecule has 0 aliphatic rings. The van der Waals surface area contributed by atoms with Crippen molar-refractivity contribution in [3.63, 3.8) is 0 Å². The third-order valence-corrected chi connectivity index (χ3v) is 1.89. The normalized spacial score (nSPS) is 9.71. The number of hydrogen-bond acceptors (Lipinski definition) is 2. The van der Waals surface area contributed by atoms with E-state index in [0.717, 1.165) is 10.8 Å². The molecule has 0 saturated carbocycles. The maximum Gasteiger partial charge on any atom is 0.248 e. The molecule has 0 amide bonds. The zero-order valence-electron chi connectivity index (χ0n) is 7.14. The predicted molar refractivity (Wildman–Crippen MR) is 53.4 cm³/mol. The summed E-state index contributed by atoms with van der Waals surface area (Å²) in [5.74, 6) is 0. The van der Waals surface area contributed by atoms with E-state index >= 15 is 0 Å². The first-order valence-electron chi connectivity index (χ1n) is 3.97. The Balaban J connectivity index is 2.75. The minimum atomic E-state index is -0.171. The topological polar surface area (TPSA) is 81.6 Å². The lowest BCUT2D eigenvalue weighted by molar-refractivity contribution is 1.27. The van der Waals surface area contributed by atoms with Gasteiger partial charge in [-0.2, -0.15) is 0 Å². The van der Waals surface area contributed by atoms with Crippen molar-refractivity contribution in [3.05, 3.63) is 51.3 Å².